The van der Waals surface area contributed by atoms with Gasteiger partial charge < -0.3 is 15.1 Å². The first-order valence-electron chi connectivity index (χ1n) is 6.30. The number of aliphatic hydroxyl groups is 1. The molecule has 0 radical (unpaired) electrons. The van der Waals surface area contributed by atoms with Gasteiger partial charge in [-0.3, -0.25) is 0 Å². The van der Waals surface area contributed by atoms with E-state index in [1.54, 1.807) is 18.3 Å². The number of hydrogen-bond donors (Lipinski definition) is 2. The van der Waals surface area contributed by atoms with Gasteiger partial charge in [0.2, 0.25) is 0 Å². The molecule has 0 amide bonds. The fourth-order valence-corrected chi connectivity index (χ4v) is 2.58. The van der Waals surface area contributed by atoms with E-state index in [0.29, 0.717) is 18.4 Å². The molecule has 0 saturated heterocycles. The molecule has 1 saturated carbocycles. The Bertz CT molecular complexity index is 416. The van der Waals surface area contributed by atoms with Crippen molar-refractivity contribution in [3.63, 3.8) is 0 Å². The molecule has 98 valence electrons. The summed E-state index contributed by atoms with van der Waals surface area (Å²) in [5, 5.41) is 18.4. The topological polar surface area (TPSA) is 73.7 Å². The lowest BCUT2D eigenvalue weighted by molar-refractivity contribution is 0.0697. The number of anilines is 1. The predicted octanol–water partition coefficient (Wildman–Crippen LogP) is 1.52. The molecule has 0 aromatic carbocycles. The Balaban J connectivity index is 2.32. The average Bonchev–Trinajstić information content (AvgIpc) is 2.89. The summed E-state index contributed by atoms with van der Waals surface area (Å²) in [6, 6.07) is 3.48. The Labute approximate surface area is 106 Å². The van der Waals surface area contributed by atoms with Crippen LogP contribution in [0.15, 0.2) is 18.3 Å². The van der Waals surface area contributed by atoms with Gasteiger partial charge in [-0.05, 0) is 25.0 Å². The quantitative estimate of drug-likeness (QED) is 0.828. The van der Waals surface area contributed by atoms with Crippen LogP contribution in [0.5, 0.6) is 0 Å². The van der Waals surface area contributed by atoms with Crippen molar-refractivity contribution >= 4 is 11.8 Å². The lowest BCUT2D eigenvalue weighted by atomic mass is 10.1. The zero-order chi connectivity index (χ0) is 13.0. The SMILES string of the molecule is O=C(O)c1cccnc1N(CCO)C1CCCC1. The Kier molecular flexibility index (Phi) is 4.15. The molecule has 0 bridgehead atoms. The van der Waals surface area contributed by atoms with Gasteiger partial charge in [-0.2, -0.15) is 0 Å². The van der Waals surface area contributed by atoms with Crippen molar-refractivity contribution in [2.75, 3.05) is 18.1 Å². The smallest absolute Gasteiger partial charge is 0.339 e. The van der Waals surface area contributed by atoms with E-state index in [1.807, 2.05) is 4.90 Å². The highest BCUT2D eigenvalue weighted by atomic mass is 16.4. The van der Waals surface area contributed by atoms with Gasteiger partial charge in [0.25, 0.3) is 0 Å². The molecule has 2 rings (SSSR count). The van der Waals surface area contributed by atoms with Crippen molar-refractivity contribution in [1.29, 1.82) is 0 Å². The van der Waals surface area contributed by atoms with Crippen molar-refractivity contribution in [3.8, 4) is 0 Å². The Morgan fingerprint density at radius 2 is 2.17 bits per heavy atom. The van der Waals surface area contributed by atoms with Crippen molar-refractivity contribution in [2.24, 2.45) is 0 Å². The van der Waals surface area contributed by atoms with Crippen LogP contribution in [0.1, 0.15) is 36.0 Å². The standard InChI is InChI=1S/C13H18N2O3/c16-9-8-15(10-4-1-2-5-10)12-11(13(17)18)6-3-7-14-12/h3,6-7,10,16H,1-2,4-5,8-9H2,(H,17,18). The van der Waals surface area contributed by atoms with E-state index in [-0.39, 0.29) is 12.2 Å². The van der Waals surface area contributed by atoms with Gasteiger partial charge in [0.1, 0.15) is 11.4 Å². The molecule has 1 aliphatic carbocycles. The summed E-state index contributed by atoms with van der Waals surface area (Å²) in [4.78, 5) is 17.4. The Morgan fingerprint density at radius 1 is 1.44 bits per heavy atom. The van der Waals surface area contributed by atoms with Crippen molar-refractivity contribution in [3.05, 3.63) is 23.9 Å². The molecule has 2 N–H and O–H groups in total. The van der Waals surface area contributed by atoms with Gasteiger partial charge >= 0.3 is 5.97 Å². The van der Waals surface area contributed by atoms with Crippen LogP contribution in [-0.4, -0.2) is 40.4 Å². The van der Waals surface area contributed by atoms with Crippen LogP contribution in [0, 0.1) is 0 Å². The lowest BCUT2D eigenvalue weighted by Crippen LogP contribution is -2.37. The van der Waals surface area contributed by atoms with Crippen LogP contribution >= 0.6 is 0 Å². The van der Waals surface area contributed by atoms with Gasteiger partial charge in [-0.25, -0.2) is 9.78 Å². The lowest BCUT2D eigenvalue weighted by Gasteiger charge is -2.30. The molecule has 1 heterocycles. The second-order valence-corrected chi connectivity index (χ2v) is 4.54. The molecular formula is C13H18N2O3. The van der Waals surface area contributed by atoms with E-state index in [0.717, 1.165) is 25.7 Å². The number of aromatic nitrogens is 1. The summed E-state index contributed by atoms with van der Waals surface area (Å²) in [6.07, 6.45) is 5.98. The van der Waals surface area contributed by atoms with E-state index in [4.69, 9.17) is 0 Å². The minimum Gasteiger partial charge on any atom is -0.478 e. The number of pyridine rings is 1. The summed E-state index contributed by atoms with van der Waals surface area (Å²) in [5.41, 5.74) is 0.206. The number of hydrogen-bond acceptors (Lipinski definition) is 4. The summed E-state index contributed by atoms with van der Waals surface area (Å²) in [7, 11) is 0. The van der Waals surface area contributed by atoms with E-state index in [1.165, 1.54) is 0 Å². The molecule has 18 heavy (non-hydrogen) atoms. The largest absolute Gasteiger partial charge is 0.478 e. The highest BCUT2D eigenvalue weighted by Gasteiger charge is 2.26. The zero-order valence-electron chi connectivity index (χ0n) is 10.2. The molecule has 1 fully saturated rings. The third-order valence-corrected chi connectivity index (χ3v) is 3.40. The maximum Gasteiger partial charge on any atom is 0.339 e. The molecule has 0 aliphatic heterocycles. The maximum atomic E-state index is 11.2. The van der Waals surface area contributed by atoms with Crippen molar-refractivity contribution in [2.45, 2.75) is 31.7 Å². The summed E-state index contributed by atoms with van der Waals surface area (Å²) >= 11 is 0. The fraction of sp³-hybridized carbons (Fsp3) is 0.538. The minimum atomic E-state index is -0.973. The number of aliphatic hydroxyl groups excluding tert-OH is 1. The molecule has 5 heteroatoms. The van der Waals surface area contributed by atoms with Crippen LogP contribution in [0.3, 0.4) is 0 Å². The molecule has 5 nitrogen and oxygen atoms in total. The van der Waals surface area contributed by atoms with Crippen LogP contribution in [0.2, 0.25) is 0 Å². The summed E-state index contributed by atoms with van der Waals surface area (Å²) < 4.78 is 0. The first-order valence-corrected chi connectivity index (χ1v) is 6.30. The highest BCUT2D eigenvalue weighted by molar-refractivity contribution is 5.93. The Hall–Kier alpha value is -1.62. The first kappa shape index (κ1) is 12.8. The molecule has 1 aliphatic rings. The highest BCUT2D eigenvalue weighted by Crippen LogP contribution is 2.28. The van der Waals surface area contributed by atoms with E-state index < -0.39 is 5.97 Å². The number of rotatable bonds is 5. The minimum absolute atomic E-state index is 0.00608. The van der Waals surface area contributed by atoms with Crippen LogP contribution in [-0.2, 0) is 0 Å². The molecule has 0 unspecified atom stereocenters. The average molecular weight is 250 g/mol. The van der Waals surface area contributed by atoms with E-state index in [9.17, 15) is 15.0 Å². The zero-order valence-corrected chi connectivity index (χ0v) is 10.2. The van der Waals surface area contributed by atoms with E-state index in [2.05, 4.69) is 4.98 Å². The number of carbonyl (C=O) groups is 1. The molecule has 0 spiro atoms. The second kappa shape index (κ2) is 5.82. The monoisotopic (exact) mass is 250 g/mol. The van der Waals surface area contributed by atoms with Gasteiger partial charge in [-0.1, -0.05) is 12.8 Å². The summed E-state index contributed by atoms with van der Waals surface area (Å²) in [5.74, 6) is -0.495. The Morgan fingerprint density at radius 3 is 2.78 bits per heavy atom. The normalized spacial score (nSPS) is 15.8. The third-order valence-electron chi connectivity index (χ3n) is 3.40. The van der Waals surface area contributed by atoms with E-state index >= 15 is 0 Å². The van der Waals surface area contributed by atoms with Gasteiger partial charge in [-0.15, -0.1) is 0 Å². The molecule has 1 aromatic rings. The van der Waals surface area contributed by atoms with Crippen LogP contribution in [0.4, 0.5) is 5.82 Å². The second-order valence-electron chi connectivity index (χ2n) is 4.54. The number of aromatic carboxylic acids is 1. The number of carboxylic acid groups (broad SMARTS) is 1. The molecular weight excluding hydrogens is 232 g/mol. The third kappa shape index (κ3) is 2.61. The van der Waals surface area contributed by atoms with Crippen LogP contribution in [0.25, 0.3) is 0 Å². The predicted molar refractivity (Wildman–Crippen MR) is 67.9 cm³/mol. The van der Waals surface area contributed by atoms with Gasteiger partial charge in [0, 0.05) is 18.8 Å². The number of carboxylic acids is 1. The van der Waals surface area contributed by atoms with Gasteiger partial charge in [0.15, 0.2) is 0 Å². The van der Waals surface area contributed by atoms with Gasteiger partial charge in [0.05, 0.1) is 6.61 Å². The van der Waals surface area contributed by atoms with Crippen molar-refractivity contribution < 1.29 is 15.0 Å². The molecule has 1 aromatic heterocycles. The van der Waals surface area contributed by atoms with Crippen molar-refractivity contribution in [1.82, 2.24) is 4.98 Å². The first-order chi connectivity index (χ1) is 8.74. The summed E-state index contributed by atoms with van der Waals surface area (Å²) in [6.45, 7) is 0.439. The fourth-order valence-electron chi connectivity index (χ4n) is 2.58. The molecule has 0 atom stereocenters. The maximum absolute atomic E-state index is 11.2. The number of nitrogens with zero attached hydrogens (tertiary/aromatic N) is 2. The van der Waals surface area contributed by atoms with Crippen LogP contribution < -0.4 is 4.90 Å².